The first kappa shape index (κ1) is 41.6. The number of hydrogen-bond donors (Lipinski definition) is 2. The molecule has 0 aliphatic carbocycles. The van der Waals surface area contributed by atoms with Crippen molar-refractivity contribution in [3.05, 3.63) is 24.3 Å². The quantitative estimate of drug-likeness (QED) is 0.142. The molecule has 0 saturated carbocycles. The van der Waals surface area contributed by atoms with E-state index in [4.69, 9.17) is 10.2 Å². The average molecular weight is 486 g/mol. The van der Waals surface area contributed by atoms with Gasteiger partial charge in [0.2, 0.25) is 0 Å². The first-order chi connectivity index (χ1) is 13.0. The van der Waals surface area contributed by atoms with E-state index in [0.29, 0.717) is 0 Å². The van der Waals surface area contributed by atoms with Crippen LogP contribution in [0.4, 0.5) is 0 Å². The molecule has 2 N–H and O–H groups in total. The molecular formula is C16H21KN2Na2O10. The van der Waals surface area contributed by atoms with E-state index in [9.17, 15) is 39.3 Å². The third-order valence-corrected chi connectivity index (χ3v) is 2.69. The third-order valence-electron chi connectivity index (χ3n) is 2.69. The van der Waals surface area contributed by atoms with Crippen LogP contribution in [0.25, 0.3) is 0 Å². The van der Waals surface area contributed by atoms with Gasteiger partial charge in [0, 0.05) is 38.8 Å². The summed E-state index contributed by atoms with van der Waals surface area (Å²) in [6.07, 6.45) is 5.98. The van der Waals surface area contributed by atoms with Gasteiger partial charge in [-0.15, -0.1) is 0 Å². The molecule has 158 valence electrons. The zero-order valence-electron chi connectivity index (χ0n) is 18.1. The Labute approximate surface area is 266 Å². The van der Waals surface area contributed by atoms with Gasteiger partial charge in [-0.05, 0) is 6.92 Å². The summed E-state index contributed by atoms with van der Waals surface area (Å²) >= 11 is 0. The number of carbonyl (C=O) groups excluding carboxylic acids is 3. The number of carbonyl (C=O) groups is 5. The van der Waals surface area contributed by atoms with Gasteiger partial charge in [-0.1, -0.05) is 18.2 Å². The first-order valence-electron chi connectivity index (χ1n) is 7.76. The van der Waals surface area contributed by atoms with Crippen LogP contribution in [0, 0.1) is 0 Å². The van der Waals surface area contributed by atoms with Crippen molar-refractivity contribution in [2.75, 3.05) is 39.3 Å². The molecular weight excluding hydrogens is 465 g/mol. The zero-order chi connectivity index (χ0) is 22.1. The van der Waals surface area contributed by atoms with Crippen LogP contribution in [0.5, 0.6) is 0 Å². The van der Waals surface area contributed by atoms with Gasteiger partial charge >= 0.3 is 122 Å². The van der Waals surface area contributed by atoms with E-state index in [2.05, 4.69) is 0 Å². The molecule has 0 rings (SSSR count). The molecule has 31 heavy (non-hydrogen) atoms. The molecule has 12 nitrogen and oxygen atoms in total. The molecule has 0 aromatic carbocycles. The van der Waals surface area contributed by atoms with Crippen LogP contribution >= 0.6 is 0 Å². The van der Waals surface area contributed by atoms with Crippen molar-refractivity contribution in [3.8, 4) is 0 Å². The smallest absolute Gasteiger partial charge is 0.549 e. The summed E-state index contributed by atoms with van der Waals surface area (Å²) in [7, 11) is 0. The molecule has 0 aromatic rings. The number of rotatable bonds is 13. The van der Waals surface area contributed by atoms with Crippen molar-refractivity contribution < 1.29 is 160 Å². The summed E-state index contributed by atoms with van der Waals surface area (Å²) in [6.45, 7) is -1.18. The van der Waals surface area contributed by atoms with Crippen molar-refractivity contribution in [1.82, 2.24) is 9.80 Å². The van der Waals surface area contributed by atoms with Crippen LogP contribution in [0.3, 0.4) is 0 Å². The summed E-state index contributed by atoms with van der Waals surface area (Å²) < 4.78 is 0. The number of allylic oxidation sites excluding steroid dienone is 3. The minimum Gasteiger partial charge on any atom is -0.549 e. The van der Waals surface area contributed by atoms with Crippen LogP contribution in [-0.4, -0.2) is 89.1 Å². The Hall–Kier alpha value is 0.386. The Morgan fingerprint density at radius 1 is 0.742 bits per heavy atom. The molecule has 0 heterocycles. The van der Waals surface area contributed by atoms with E-state index in [1.807, 2.05) is 6.92 Å². The van der Waals surface area contributed by atoms with Gasteiger partial charge in [0.25, 0.3) is 0 Å². The largest absolute Gasteiger partial charge is 1.00 e. The fourth-order valence-corrected chi connectivity index (χ4v) is 1.70. The third kappa shape index (κ3) is 35.2. The SMILES string of the molecule is C/C=C/C=C/C(=O)O.O=C([O-])CN(CCN(CC(=O)[O-])CC(=O)O)CC(=O)[O-].[K+].[Na+].[Na+]. The number of nitrogens with zero attached hydrogens (tertiary/aromatic N) is 2. The molecule has 0 spiro atoms. The number of aliphatic carboxylic acids is 5. The van der Waals surface area contributed by atoms with E-state index in [1.54, 1.807) is 12.2 Å². The fourth-order valence-electron chi connectivity index (χ4n) is 1.70. The molecule has 0 saturated heterocycles. The van der Waals surface area contributed by atoms with Gasteiger partial charge in [0.1, 0.15) is 0 Å². The van der Waals surface area contributed by atoms with Gasteiger partial charge in [0.05, 0.1) is 24.5 Å². The van der Waals surface area contributed by atoms with E-state index in [1.165, 1.54) is 6.08 Å². The Morgan fingerprint density at radius 3 is 1.35 bits per heavy atom. The van der Waals surface area contributed by atoms with Gasteiger partial charge in [0.15, 0.2) is 0 Å². The normalized spacial score (nSPS) is 9.77. The molecule has 0 atom stereocenters. The predicted octanol–water partition coefficient (Wildman–Crippen LogP) is -13.9. The molecule has 0 amide bonds. The number of carboxylic acid groups (broad SMARTS) is 5. The number of hydrogen-bond acceptors (Lipinski definition) is 10. The molecule has 0 aliphatic heterocycles. The van der Waals surface area contributed by atoms with Crippen molar-refractivity contribution in [1.29, 1.82) is 0 Å². The first-order valence-corrected chi connectivity index (χ1v) is 7.76. The van der Waals surface area contributed by atoms with Crippen molar-refractivity contribution >= 4 is 29.8 Å². The van der Waals surface area contributed by atoms with Crippen LogP contribution in [-0.2, 0) is 24.0 Å². The van der Waals surface area contributed by atoms with Gasteiger partial charge < -0.3 is 39.9 Å². The van der Waals surface area contributed by atoms with Gasteiger partial charge in [-0.2, -0.15) is 0 Å². The second-order valence-corrected chi connectivity index (χ2v) is 5.15. The molecule has 0 radical (unpaired) electrons. The number of carboxylic acids is 5. The second-order valence-electron chi connectivity index (χ2n) is 5.15. The van der Waals surface area contributed by atoms with Gasteiger partial charge in [-0.25, -0.2) is 4.79 Å². The molecule has 0 aliphatic rings. The van der Waals surface area contributed by atoms with Gasteiger partial charge in [-0.3, -0.25) is 14.6 Å². The van der Waals surface area contributed by atoms with Crippen molar-refractivity contribution in [2.24, 2.45) is 0 Å². The Balaban J connectivity index is -0.000000176. The Bertz CT molecular complexity index is 549. The predicted molar refractivity (Wildman–Crippen MR) is 87.1 cm³/mol. The summed E-state index contributed by atoms with van der Waals surface area (Å²) in [5, 5.41) is 47.8. The van der Waals surface area contributed by atoms with E-state index in [0.717, 1.165) is 15.9 Å². The average Bonchev–Trinajstić information content (AvgIpc) is 2.50. The molecule has 0 bridgehead atoms. The standard InChI is InChI=1S/C10H16N2O8.C6H8O2.K.2Na/c13-7(14)3-11(4-8(15)16)1-2-12(5-9(17)18)6-10(19)20;1-2-3-4-5-6(7)8;;;/h1-6H2,(H,13,14)(H,15,16)(H,17,18)(H,19,20);2-5H,1H3,(H,7,8);;;/q;;3*+1/p-3/b;3-2+,5-4+;;;. The molecule has 15 heteroatoms. The van der Waals surface area contributed by atoms with Crippen LogP contribution in [0.1, 0.15) is 6.92 Å². The van der Waals surface area contributed by atoms with Crippen LogP contribution in [0.2, 0.25) is 0 Å². The maximum atomic E-state index is 10.5. The second kappa shape index (κ2) is 26.6. The summed E-state index contributed by atoms with van der Waals surface area (Å²) in [5.74, 6) is -6.73. The maximum Gasteiger partial charge on any atom is 1.00 e. The Kier molecular flexibility index (Phi) is 35.8. The molecule has 0 unspecified atom stereocenters. The van der Waals surface area contributed by atoms with Crippen LogP contribution < -0.4 is 126 Å². The van der Waals surface area contributed by atoms with E-state index >= 15 is 0 Å². The molecule has 0 fully saturated rings. The molecule has 0 aromatic heterocycles. The minimum absolute atomic E-state index is 0. The van der Waals surface area contributed by atoms with Crippen molar-refractivity contribution in [3.63, 3.8) is 0 Å². The van der Waals surface area contributed by atoms with Crippen molar-refractivity contribution in [2.45, 2.75) is 6.92 Å². The zero-order valence-corrected chi connectivity index (χ0v) is 25.2. The fraction of sp³-hybridized carbons (Fsp3) is 0.438. The topological polar surface area (TPSA) is 201 Å². The summed E-state index contributed by atoms with van der Waals surface area (Å²) in [4.78, 5) is 53.4. The summed E-state index contributed by atoms with van der Waals surface area (Å²) in [5.41, 5.74) is 0. The minimum atomic E-state index is -1.52. The maximum absolute atomic E-state index is 10.5. The van der Waals surface area contributed by atoms with E-state index < -0.39 is 56.0 Å². The monoisotopic (exact) mass is 486 g/mol. The summed E-state index contributed by atoms with van der Waals surface area (Å²) in [6, 6.07) is 0. The Morgan fingerprint density at radius 2 is 1.10 bits per heavy atom. The van der Waals surface area contributed by atoms with Crippen LogP contribution in [0.15, 0.2) is 24.3 Å². The van der Waals surface area contributed by atoms with E-state index in [-0.39, 0.29) is 124 Å².